The summed E-state index contributed by atoms with van der Waals surface area (Å²) in [5.74, 6) is 2.42. The average molecular weight is 461 g/mol. The molecule has 3 aliphatic heterocycles. The average Bonchev–Trinajstić information content (AvgIpc) is 3.54. The summed E-state index contributed by atoms with van der Waals surface area (Å²) in [5, 5.41) is 1.01. The van der Waals surface area contributed by atoms with Crippen LogP contribution in [0.4, 0.5) is 0 Å². The van der Waals surface area contributed by atoms with E-state index in [-0.39, 0.29) is 11.9 Å². The molecule has 176 valence electrons. The van der Waals surface area contributed by atoms with E-state index in [4.69, 9.17) is 18.9 Å². The summed E-state index contributed by atoms with van der Waals surface area (Å²) in [4.78, 5) is 15.6. The van der Waals surface area contributed by atoms with Crippen molar-refractivity contribution in [2.24, 2.45) is 7.05 Å². The van der Waals surface area contributed by atoms with Crippen LogP contribution < -0.4 is 14.2 Å². The molecule has 7 nitrogen and oxygen atoms in total. The molecule has 1 saturated heterocycles. The van der Waals surface area contributed by atoms with Gasteiger partial charge in [-0.1, -0.05) is 0 Å². The van der Waals surface area contributed by atoms with Gasteiger partial charge >= 0.3 is 0 Å². The van der Waals surface area contributed by atoms with E-state index in [1.54, 1.807) is 7.11 Å². The predicted molar refractivity (Wildman–Crippen MR) is 128 cm³/mol. The van der Waals surface area contributed by atoms with Crippen molar-refractivity contribution in [3.8, 4) is 17.2 Å². The van der Waals surface area contributed by atoms with E-state index >= 15 is 0 Å². The smallest absolute Gasteiger partial charge is 0.231 e. The number of benzene rings is 2. The highest BCUT2D eigenvalue weighted by Crippen LogP contribution is 2.43. The van der Waals surface area contributed by atoms with E-state index in [1.165, 1.54) is 0 Å². The number of carbonyl (C=O) groups is 1. The van der Waals surface area contributed by atoms with Crippen LogP contribution in [0.3, 0.4) is 0 Å². The molecular weight excluding hydrogens is 432 g/mol. The fourth-order valence-corrected chi connectivity index (χ4v) is 5.27. The lowest BCUT2D eigenvalue weighted by molar-refractivity contribution is 0.0276. The van der Waals surface area contributed by atoms with Crippen LogP contribution in [-0.4, -0.2) is 48.3 Å². The quantitative estimate of drug-likeness (QED) is 0.537. The van der Waals surface area contributed by atoms with E-state index in [0.717, 1.165) is 71.6 Å². The van der Waals surface area contributed by atoms with Crippen LogP contribution in [0.15, 0.2) is 36.2 Å². The van der Waals surface area contributed by atoms with Crippen molar-refractivity contribution >= 4 is 22.8 Å². The maximum atomic E-state index is 13.4. The van der Waals surface area contributed by atoms with E-state index in [0.29, 0.717) is 23.8 Å². The summed E-state index contributed by atoms with van der Waals surface area (Å²) in [5.41, 5.74) is 4.47. The summed E-state index contributed by atoms with van der Waals surface area (Å²) in [6, 6.07) is 7.87. The van der Waals surface area contributed by atoms with Crippen LogP contribution in [0.5, 0.6) is 17.2 Å². The molecule has 3 aromatic rings. The second kappa shape index (κ2) is 8.18. The Bertz CT molecular complexity index is 1330. The monoisotopic (exact) mass is 460 g/mol. The fraction of sp³-hybridized carbons (Fsp3) is 0.370. The first kappa shape index (κ1) is 21.3. The highest BCUT2D eigenvalue weighted by Gasteiger charge is 2.34. The number of ether oxygens (including phenoxy) is 4. The SMILES string of the molecule is COc1ccc2c(c1)c(/C=C1\Oc3c(cc4c(c3C)OCN(CC3CCCO3)C4)C1=O)cn2C. The first-order valence-corrected chi connectivity index (χ1v) is 11.7. The molecule has 7 heteroatoms. The van der Waals surface area contributed by atoms with E-state index in [2.05, 4.69) is 4.90 Å². The topological polar surface area (TPSA) is 62.2 Å². The van der Waals surface area contributed by atoms with Gasteiger partial charge in [0.2, 0.25) is 5.78 Å². The van der Waals surface area contributed by atoms with Gasteiger partial charge in [0, 0.05) is 60.5 Å². The maximum absolute atomic E-state index is 13.4. The number of rotatable bonds is 4. The number of carbonyl (C=O) groups excluding carboxylic acids is 1. The molecule has 3 aliphatic rings. The molecule has 4 heterocycles. The molecule has 0 bridgehead atoms. The highest BCUT2D eigenvalue weighted by atomic mass is 16.5. The van der Waals surface area contributed by atoms with Crippen LogP contribution in [0.1, 0.15) is 39.9 Å². The number of methoxy groups -OCH3 is 1. The second-order valence-electron chi connectivity index (χ2n) is 9.30. The molecule has 0 aliphatic carbocycles. The van der Waals surface area contributed by atoms with Gasteiger partial charge in [0.05, 0.1) is 18.8 Å². The zero-order valence-corrected chi connectivity index (χ0v) is 19.7. The predicted octanol–water partition coefficient (Wildman–Crippen LogP) is 4.44. The summed E-state index contributed by atoms with van der Waals surface area (Å²) in [6.45, 7) is 4.90. The van der Waals surface area contributed by atoms with Gasteiger partial charge < -0.3 is 23.5 Å². The molecule has 1 unspecified atom stereocenters. The second-order valence-corrected chi connectivity index (χ2v) is 9.30. The third kappa shape index (κ3) is 3.47. The van der Waals surface area contributed by atoms with Crippen molar-refractivity contribution in [2.45, 2.75) is 32.4 Å². The van der Waals surface area contributed by atoms with Gasteiger partial charge in [-0.15, -0.1) is 0 Å². The minimum Gasteiger partial charge on any atom is -0.497 e. The Labute approximate surface area is 198 Å². The van der Waals surface area contributed by atoms with Crippen LogP contribution in [0.2, 0.25) is 0 Å². The summed E-state index contributed by atoms with van der Waals surface area (Å²) < 4.78 is 25.5. The minimum absolute atomic E-state index is 0.1000. The van der Waals surface area contributed by atoms with Gasteiger partial charge in [-0.2, -0.15) is 0 Å². The van der Waals surface area contributed by atoms with E-state index in [9.17, 15) is 4.79 Å². The number of fused-ring (bicyclic) bond motifs is 3. The van der Waals surface area contributed by atoms with Gasteiger partial charge in [-0.3, -0.25) is 9.69 Å². The zero-order chi connectivity index (χ0) is 23.4. The molecule has 0 N–H and O–H groups in total. The third-order valence-corrected chi connectivity index (χ3v) is 7.00. The summed E-state index contributed by atoms with van der Waals surface area (Å²) in [6.07, 6.45) is 6.30. The molecule has 0 spiro atoms. The summed E-state index contributed by atoms with van der Waals surface area (Å²) >= 11 is 0. The molecule has 0 radical (unpaired) electrons. The Morgan fingerprint density at radius 2 is 2.12 bits per heavy atom. The number of allylic oxidation sites excluding steroid dienone is 1. The van der Waals surface area contributed by atoms with Crippen LogP contribution in [0, 0.1) is 6.92 Å². The van der Waals surface area contributed by atoms with Gasteiger partial charge in [-0.25, -0.2) is 0 Å². The number of aryl methyl sites for hydroxylation is 1. The van der Waals surface area contributed by atoms with Crippen molar-refractivity contribution in [1.29, 1.82) is 0 Å². The lowest BCUT2D eigenvalue weighted by Crippen LogP contribution is -2.37. The maximum Gasteiger partial charge on any atom is 0.231 e. The zero-order valence-electron chi connectivity index (χ0n) is 19.7. The number of ketones is 1. The van der Waals surface area contributed by atoms with Crippen molar-refractivity contribution in [3.63, 3.8) is 0 Å². The Morgan fingerprint density at radius 3 is 2.91 bits per heavy atom. The first-order valence-electron chi connectivity index (χ1n) is 11.7. The van der Waals surface area contributed by atoms with Gasteiger partial charge in [0.1, 0.15) is 24.0 Å². The molecule has 0 amide bonds. The molecule has 0 saturated carbocycles. The first-order chi connectivity index (χ1) is 16.5. The molecule has 34 heavy (non-hydrogen) atoms. The lowest BCUT2D eigenvalue weighted by atomic mass is 10.00. The van der Waals surface area contributed by atoms with Crippen LogP contribution in [-0.2, 0) is 18.3 Å². The van der Waals surface area contributed by atoms with Crippen LogP contribution >= 0.6 is 0 Å². The normalized spacial score (nSPS) is 21.0. The van der Waals surface area contributed by atoms with E-state index in [1.807, 2.05) is 55.1 Å². The Hall–Kier alpha value is -3.29. The Balaban J connectivity index is 1.32. The van der Waals surface area contributed by atoms with Crippen molar-refractivity contribution < 1.29 is 23.7 Å². The molecule has 6 rings (SSSR count). The largest absolute Gasteiger partial charge is 0.497 e. The van der Waals surface area contributed by atoms with Gasteiger partial charge in [0.15, 0.2) is 5.76 Å². The summed E-state index contributed by atoms with van der Waals surface area (Å²) in [7, 11) is 3.64. The van der Waals surface area contributed by atoms with Gasteiger partial charge in [0.25, 0.3) is 0 Å². The van der Waals surface area contributed by atoms with Crippen molar-refractivity contribution in [2.75, 3.05) is 27.0 Å². The highest BCUT2D eigenvalue weighted by molar-refractivity contribution is 6.15. The fourth-order valence-electron chi connectivity index (χ4n) is 5.27. The molecular formula is C27H28N2O5. The molecule has 1 atom stereocenters. The number of nitrogens with zero attached hydrogens (tertiary/aromatic N) is 2. The van der Waals surface area contributed by atoms with Gasteiger partial charge in [-0.05, 0) is 50.1 Å². The van der Waals surface area contributed by atoms with Crippen LogP contribution in [0.25, 0.3) is 17.0 Å². The number of Topliss-reactive ketones (excluding diaryl/α,β-unsaturated/α-hetero) is 1. The minimum atomic E-state index is -0.1000. The number of hydrogen-bond donors (Lipinski definition) is 0. The Morgan fingerprint density at radius 1 is 1.24 bits per heavy atom. The number of hydrogen-bond acceptors (Lipinski definition) is 6. The lowest BCUT2D eigenvalue weighted by Gasteiger charge is -2.31. The third-order valence-electron chi connectivity index (χ3n) is 7.00. The Kier molecular flexibility index (Phi) is 5.12. The standard InChI is InChI=1S/C27H28N2O5/c1-16-26-18(13-29(15-33-26)14-20-5-4-8-32-20)9-22-25(30)24(34-27(16)22)10-17-12-28(2)23-7-6-19(31-3)11-21(17)23/h6-7,9-12,20H,4-5,8,13-15H2,1-3H3/b24-10-. The van der Waals surface area contributed by atoms with Crippen molar-refractivity contribution in [1.82, 2.24) is 9.47 Å². The molecule has 1 aromatic heterocycles. The molecule has 1 fully saturated rings. The number of aromatic nitrogens is 1. The van der Waals surface area contributed by atoms with Crippen molar-refractivity contribution in [3.05, 3.63) is 58.5 Å². The molecule has 2 aromatic carbocycles. The van der Waals surface area contributed by atoms with E-state index < -0.39 is 0 Å².